The van der Waals surface area contributed by atoms with Crippen molar-refractivity contribution in [3.63, 3.8) is 0 Å². The summed E-state index contributed by atoms with van der Waals surface area (Å²) in [5.41, 5.74) is 0.876. The van der Waals surface area contributed by atoms with Crippen LogP contribution in [0.3, 0.4) is 0 Å². The lowest BCUT2D eigenvalue weighted by Gasteiger charge is -2.27. The van der Waals surface area contributed by atoms with E-state index in [0.717, 1.165) is 5.76 Å². The van der Waals surface area contributed by atoms with Gasteiger partial charge in [-0.3, -0.25) is 4.79 Å². The zero-order valence-electron chi connectivity index (χ0n) is 16.9. The lowest BCUT2D eigenvalue weighted by atomic mass is 10.1. The number of carbonyl (C=O) groups is 2. The van der Waals surface area contributed by atoms with Gasteiger partial charge in [0.2, 0.25) is 0 Å². The van der Waals surface area contributed by atoms with Crippen molar-refractivity contribution in [2.75, 3.05) is 30.0 Å². The Morgan fingerprint density at radius 1 is 1.23 bits per heavy atom. The van der Waals surface area contributed by atoms with Crippen molar-refractivity contribution in [3.05, 3.63) is 54.0 Å². The zero-order valence-corrected chi connectivity index (χ0v) is 17.7. The summed E-state index contributed by atoms with van der Waals surface area (Å²) >= 11 is 0. The maximum absolute atomic E-state index is 12.7. The first-order valence-electron chi connectivity index (χ1n) is 9.92. The molecule has 0 aliphatic carbocycles. The van der Waals surface area contributed by atoms with Gasteiger partial charge in [0.15, 0.2) is 16.4 Å². The molecule has 8 nitrogen and oxygen atoms in total. The van der Waals surface area contributed by atoms with Gasteiger partial charge in [0, 0.05) is 18.3 Å². The van der Waals surface area contributed by atoms with Gasteiger partial charge in [0.05, 0.1) is 29.9 Å². The molecule has 1 aromatic heterocycles. The summed E-state index contributed by atoms with van der Waals surface area (Å²) < 4.78 is 34.1. The third kappa shape index (κ3) is 5.63. The van der Waals surface area contributed by atoms with Crippen LogP contribution in [-0.4, -0.2) is 55.9 Å². The molecular weight excluding hydrogens is 408 g/mol. The van der Waals surface area contributed by atoms with Crippen LogP contribution in [0.2, 0.25) is 0 Å². The first kappa shape index (κ1) is 21.9. The summed E-state index contributed by atoms with van der Waals surface area (Å²) in [4.78, 5) is 26.8. The van der Waals surface area contributed by atoms with Crippen LogP contribution in [0.15, 0.2) is 47.1 Å². The van der Waals surface area contributed by atoms with E-state index in [2.05, 4.69) is 5.32 Å². The first-order chi connectivity index (χ1) is 14.4. The Hall–Kier alpha value is -2.81. The predicted molar refractivity (Wildman–Crippen MR) is 112 cm³/mol. The van der Waals surface area contributed by atoms with E-state index in [0.29, 0.717) is 37.2 Å². The molecule has 1 amide bonds. The van der Waals surface area contributed by atoms with Gasteiger partial charge in [0.25, 0.3) is 5.91 Å². The predicted octanol–water partition coefficient (Wildman–Crippen LogP) is 2.47. The SMILES string of the molecule is CCCN(C(=O)COC(=O)c1ccccc1NCc1ccco1)C1CCS(=O)(=O)C1. The van der Waals surface area contributed by atoms with E-state index in [1.54, 1.807) is 36.6 Å². The highest BCUT2D eigenvalue weighted by molar-refractivity contribution is 7.91. The van der Waals surface area contributed by atoms with Crippen molar-refractivity contribution in [2.45, 2.75) is 32.4 Å². The average molecular weight is 435 g/mol. The number of anilines is 1. The van der Waals surface area contributed by atoms with Crippen molar-refractivity contribution in [2.24, 2.45) is 0 Å². The number of rotatable bonds is 9. The molecule has 1 fully saturated rings. The van der Waals surface area contributed by atoms with Crippen LogP contribution in [0.1, 0.15) is 35.9 Å². The molecule has 2 aromatic rings. The van der Waals surface area contributed by atoms with Gasteiger partial charge in [-0.15, -0.1) is 0 Å². The van der Waals surface area contributed by atoms with Crippen molar-refractivity contribution in [1.82, 2.24) is 4.90 Å². The molecule has 1 aromatic carbocycles. The molecular formula is C21H26N2O6S. The number of hydrogen-bond donors (Lipinski definition) is 1. The third-order valence-electron chi connectivity index (χ3n) is 4.94. The van der Waals surface area contributed by atoms with Gasteiger partial charge in [-0.2, -0.15) is 0 Å². The lowest BCUT2D eigenvalue weighted by Crippen LogP contribution is -2.43. The molecule has 1 aliphatic rings. The van der Waals surface area contributed by atoms with E-state index in [4.69, 9.17) is 9.15 Å². The quantitative estimate of drug-likeness (QED) is 0.604. The van der Waals surface area contributed by atoms with Crippen molar-refractivity contribution < 1.29 is 27.2 Å². The molecule has 0 spiro atoms. The van der Waals surface area contributed by atoms with E-state index in [9.17, 15) is 18.0 Å². The third-order valence-corrected chi connectivity index (χ3v) is 6.69. The molecule has 1 unspecified atom stereocenters. The van der Waals surface area contributed by atoms with Crippen molar-refractivity contribution >= 4 is 27.4 Å². The largest absolute Gasteiger partial charge is 0.467 e. The van der Waals surface area contributed by atoms with Gasteiger partial charge in [-0.05, 0) is 37.1 Å². The van der Waals surface area contributed by atoms with Gasteiger partial charge < -0.3 is 19.4 Å². The number of nitrogens with zero attached hydrogens (tertiary/aromatic N) is 1. The first-order valence-corrected chi connectivity index (χ1v) is 11.7. The molecule has 0 bridgehead atoms. The summed E-state index contributed by atoms with van der Waals surface area (Å²) in [6, 6.07) is 10.1. The standard InChI is InChI=1S/C21H26N2O6S/c1-2-10-23(16-9-12-30(26,27)15-16)20(24)14-29-21(25)18-7-3-4-8-19(18)22-13-17-6-5-11-28-17/h3-8,11,16,22H,2,9-10,12-15H2,1H3. The topological polar surface area (TPSA) is 106 Å². The van der Waals surface area contributed by atoms with Gasteiger partial charge >= 0.3 is 5.97 Å². The van der Waals surface area contributed by atoms with Crippen LogP contribution >= 0.6 is 0 Å². The second-order valence-corrected chi connectivity index (χ2v) is 9.43. The summed E-state index contributed by atoms with van der Waals surface area (Å²) in [6.45, 7) is 2.31. The lowest BCUT2D eigenvalue weighted by molar-refractivity contribution is -0.136. The Morgan fingerprint density at radius 2 is 2.03 bits per heavy atom. The Balaban J connectivity index is 1.61. The minimum Gasteiger partial charge on any atom is -0.467 e. The highest BCUT2D eigenvalue weighted by Crippen LogP contribution is 2.20. The van der Waals surface area contributed by atoms with Gasteiger partial charge in [-0.1, -0.05) is 19.1 Å². The maximum atomic E-state index is 12.7. The van der Waals surface area contributed by atoms with Gasteiger partial charge in [-0.25, -0.2) is 13.2 Å². The summed E-state index contributed by atoms with van der Waals surface area (Å²) in [6.07, 6.45) is 2.68. The highest BCUT2D eigenvalue weighted by atomic mass is 32.2. The highest BCUT2D eigenvalue weighted by Gasteiger charge is 2.34. The maximum Gasteiger partial charge on any atom is 0.340 e. The molecule has 0 radical (unpaired) electrons. The van der Waals surface area contributed by atoms with Crippen LogP contribution in [0, 0.1) is 0 Å². The van der Waals surface area contributed by atoms with Gasteiger partial charge in [0.1, 0.15) is 5.76 Å². The van der Waals surface area contributed by atoms with Crippen LogP contribution in [0.5, 0.6) is 0 Å². The van der Waals surface area contributed by atoms with Crippen LogP contribution in [0.25, 0.3) is 0 Å². The van der Waals surface area contributed by atoms with E-state index < -0.39 is 22.4 Å². The monoisotopic (exact) mass is 434 g/mol. The number of amides is 1. The van der Waals surface area contributed by atoms with E-state index in [1.807, 2.05) is 13.0 Å². The van der Waals surface area contributed by atoms with Crippen LogP contribution < -0.4 is 5.32 Å². The van der Waals surface area contributed by atoms with E-state index >= 15 is 0 Å². The molecule has 1 atom stereocenters. The molecule has 9 heteroatoms. The molecule has 2 heterocycles. The number of hydrogen-bond acceptors (Lipinski definition) is 7. The normalized spacial score (nSPS) is 17.4. The number of esters is 1. The summed E-state index contributed by atoms with van der Waals surface area (Å²) in [5, 5.41) is 3.12. The number of carbonyl (C=O) groups excluding carboxylic acids is 2. The van der Waals surface area contributed by atoms with Crippen LogP contribution in [-0.2, 0) is 25.9 Å². The minimum atomic E-state index is -3.11. The Morgan fingerprint density at radius 3 is 2.70 bits per heavy atom. The Bertz CT molecular complexity index is 971. The number of sulfone groups is 1. The molecule has 162 valence electrons. The molecule has 1 N–H and O–H groups in total. The Kier molecular flexibility index (Phi) is 7.15. The second-order valence-electron chi connectivity index (χ2n) is 7.20. The number of para-hydroxylation sites is 1. The fourth-order valence-electron chi connectivity index (χ4n) is 3.47. The smallest absolute Gasteiger partial charge is 0.340 e. The molecule has 30 heavy (non-hydrogen) atoms. The summed E-state index contributed by atoms with van der Waals surface area (Å²) in [7, 11) is -3.11. The molecule has 1 saturated heterocycles. The minimum absolute atomic E-state index is 0.0355. The number of nitrogens with one attached hydrogen (secondary N) is 1. The average Bonchev–Trinajstić information content (AvgIpc) is 3.37. The summed E-state index contributed by atoms with van der Waals surface area (Å²) in [5.74, 6) is -0.240. The molecule has 1 aliphatic heterocycles. The van der Waals surface area contributed by atoms with Crippen LogP contribution in [0.4, 0.5) is 5.69 Å². The van der Waals surface area contributed by atoms with E-state index in [1.165, 1.54) is 4.90 Å². The van der Waals surface area contributed by atoms with Crippen molar-refractivity contribution in [3.8, 4) is 0 Å². The fourth-order valence-corrected chi connectivity index (χ4v) is 5.20. The van der Waals surface area contributed by atoms with Crippen molar-refractivity contribution in [1.29, 1.82) is 0 Å². The molecule has 3 rings (SSSR count). The zero-order chi connectivity index (χ0) is 21.6. The molecule has 0 saturated carbocycles. The second kappa shape index (κ2) is 9.80. The number of furan rings is 1. The number of ether oxygens (including phenoxy) is 1. The Labute approximate surface area is 176 Å². The fraction of sp³-hybridized carbons (Fsp3) is 0.429. The number of benzene rings is 1. The van der Waals surface area contributed by atoms with E-state index in [-0.39, 0.29) is 23.5 Å².